The smallest absolute Gasteiger partial charge is 0.238 e. The normalized spacial score (nSPS) is 10.7. The molecule has 0 spiro atoms. The van der Waals surface area contributed by atoms with Crippen LogP contribution >= 0.6 is 0 Å². The predicted octanol–water partition coefficient (Wildman–Crippen LogP) is 2.56. The molecule has 0 heterocycles. The third-order valence-corrected chi connectivity index (χ3v) is 3.84. The maximum absolute atomic E-state index is 11.7. The topological polar surface area (TPSA) is 107 Å². The predicted molar refractivity (Wildman–Crippen MR) is 103 cm³/mol. The largest absolute Gasteiger partial charge is 0.497 e. The van der Waals surface area contributed by atoms with E-state index in [1.54, 1.807) is 50.6 Å². The number of methoxy groups -OCH3 is 3. The summed E-state index contributed by atoms with van der Waals surface area (Å²) in [7, 11) is 4.62. The zero-order valence-electron chi connectivity index (χ0n) is 15.4. The Morgan fingerprint density at radius 1 is 1.07 bits per heavy atom. The van der Waals surface area contributed by atoms with Crippen molar-refractivity contribution in [3.8, 4) is 23.3 Å². The maximum atomic E-state index is 11.7. The van der Waals surface area contributed by atoms with Gasteiger partial charge in [-0.2, -0.15) is 5.26 Å². The lowest BCUT2D eigenvalue weighted by Gasteiger charge is -2.15. The van der Waals surface area contributed by atoms with Crippen molar-refractivity contribution in [2.45, 2.75) is 0 Å². The molecule has 0 aliphatic heterocycles. The molecule has 0 fully saturated rings. The molecule has 27 heavy (non-hydrogen) atoms. The van der Waals surface area contributed by atoms with E-state index in [4.69, 9.17) is 19.9 Å². The van der Waals surface area contributed by atoms with Crippen molar-refractivity contribution < 1.29 is 19.0 Å². The monoisotopic (exact) mass is 367 g/mol. The Morgan fingerprint density at radius 3 is 2.26 bits per heavy atom. The van der Waals surface area contributed by atoms with Gasteiger partial charge >= 0.3 is 0 Å². The summed E-state index contributed by atoms with van der Waals surface area (Å²) in [5.74, 6) is 1.33. The number of nitrogens with one attached hydrogen (secondary N) is 1. The number of allylic oxidation sites excluding steroid dienone is 1. The second kappa shape index (κ2) is 9.27. The number of benzene rings is 2. The molecule has 2 rings (SSSR count). The first-order chi connectivity index (χ1) is 13.1. The molecule has 2 aromatic rings. The van der Waals surface area contributed by atoms with Crippen LogP contribution in [-0.2, 0) is 4.79 Å². The summed E-state index contributed by atoms with van der Waals surface area (Å²) in [6, 6.07) is 12.6. The van der Waals surface area contributed by atoms with E-state index in [0.717, 1.165) is 5.56 Å². The number of hydrogen-bond acceptors (Lipinski definition) is 6. The molecule has 140 valence electrons. The van der Waals surface area contributed by atoms with Crippen molar-refractivity contribution in [2.75, 3.05) is 33.2 Å². The van der Waals surface area contributed by atoms with Gasteiger partial charge in [0, 0.05) is 12.1 Å². The summed E-state index contributed by atoms with van der Waals surface area (Å²) in [4.78, 5) is 11.7. The van der Waals surface area contributed by atoms with E-state index in [1.165, 1.54) is 13.2 Å². The lowest BCUT2D eigenvalue weighted by atomic mass is 9.96. The fraction of sp³-hybridized carbons (Fsp3) is 0.200. The average molecular weight is 367 g/mol. The molecular weight excluding hydrogens is 346 g/mol. The van der Waals surface area contributed by atoms with Gasteiger partial charge in [-0.3, -0.25) is 4.79 Å². The maximum Gasteiger partial charge on any atom is 0.238 e. The Hall–Kier alpha value is -3.50. The van der Waals surface area contributed by atoms with Crippen LogP contribution < -0.4 is 25.3 Å². The highest BCUT2D eigenvalue weighted by Gasteiger charge is 2.13. The van der Waals surface area contributed by atoms with Gasteiger partial charge in [-0.25, -0.2) is 0 Å². The van der Waals surface area contributed by atoms with Crippen molar-refractivity contribution in [2.24, 2.45) is 5.73 Å². The molecule has 3 N–H and O–H groups in total. The molecule has 0 aromatic heterocycles. The number of ether oxygens (including phenoxy) is 3. The minimum Gasteiger partial charge on any atom is -0.497 e. The fourth-order valence-corrected chi connectivity index (χ4v) is 2.54. The highest BCUT2D eigenvalue weighted by Crippen LogP contribution is 2.34. The molecule has 0 radical (unpaired) electrons. The molecule has 0 aliphatic carbocycles. The van der Waals surface area contributed by atoms with Crippen LogP contribution in [0.1, 0.15) is 11.1 Å². The summed E-state index contributed by atoms with van der Waals surface area (Å²) in [5, 5.41) is 12.0. The van der Waals surface area contributed by atoms with E-state index in [0.29, 0.717) is 34.1 Å². The number of anilines is 1. The third kappa shape index (κ3) is 4.77. The standard InChI is InChI=1S/C20H21N3O4/c1-25-15-8-14(9-16(11-15)26-2)17(6-7-21)13-4-5-19(27-3)18(10-13)23-20(24)12-22/h4-6,8-11H,12,22H2,1-3H3,(H,23,24)/b17-6+. The van der Waals surface area contributed by atoms with Crippen molar-refractivity contribution in [1.29, 1.82) is 5.26 Å². The Morgan fingerprint density at radius 2 is 1.74 bits per heavy atom. The number of nitrogens with zero attached hydrogens (tertiary/aromatic N) is 1. The zero-order valence-corrected chi connectivity index (χ0v) is 15.4. The minimum atomic E-state index is -0.348. The molecule has 0 atom stereocenters. The molecule has 1 amide bonds. The minimum absolute atomic E-state index is 0.151. The van der Waals surface area contributed by atoms with Crippen LogP contribution in [0.5, 0.6) is 17.2 Å². The highest BCUT2D eigenvalue weighted by atomic mass is 16.5. The van der Waals surface area contributed by atoms with Crippen molar-refractivity contribution in [3.63, 3.8) is 0 Å². The number of hydrogen-bond donors (Lipinski definition) is 2. The van der Waals surface area contributed by atoms with Crippen molar-refractivity contribution in [1.82, 2.24) is 0 Å². The lowest BCUT2D eigenvalue weighted by molar-refractivity contribution is -0.114. The Balaban J connectivity index is 2.58. The van der Waals surface area contributed by atoms with E-state index in [2.05, 4.69) is 11.4 Å². The van der Waals surface area contributed by atoms with E-state index >= 15 is 0 Å². The summed E-state index contributed by atoms with van der Waals surface area (Å²) < 4.78 is 15.9. The molecule has 0 unspecified atom stereocenters. The van der Waals surface area contributed by atoms with Crippen LogP contribution in [0.4, 0.5) is 5.69 Å². The van der Waals surface area contributed by atoms with Gasteiger partial charge < -0.3 is 25.3 Å². The van der Waals surface area contributed by atoms with Gasteiger partial charge in [-0.05, 0) is 41.0 Å². The molecule has 0 saturated heterocycles. The molecule has 2 aromatic carbocycles. The van der Waals surface area contributed by atoms with Gasteiger partial charge in [-0.15, -0.1) is 0 Å². The summed E-state index contributed by atoms with van der Waals surface area (Å²) >= 11 is 0. The average Bonchev–Trinajstić information content (AvgIpc) is 2.71. The first kappa shape index (κ1) is 19.8. The summed E-state index contributed by atoms with van der Waals surface area (Å²) in [5.41, 5.74) is 7.92. The van der Waals surface area contributed by atoms with Gasteiger partial charge in [0.05, 0.1) is 39.6 Å². The fourth-order valence-electron chi connectivity index (χ4n) is 2.54. The molecule has 0 aliphatic rings. The Labute approximate surface area is 158 Å². The number of carbonyl (C=O) groups is 1. The van der Waals surface area contributed by atoms with Gasteiger partial charge in [-0.1, -0.05) is 6.07 Å². The van der Waals surface area contributed by atoms with E-state index < -0.39 is 0 Å². The SMILES string of the molecule is COc1cc(OC)cc(/C(=C/C#N)c2ccc(OC)c(NC(=O)CN)c2)c1. The first-order valence-electron chi connectivity index (χ1n) is 8.07. The van der Waals surface area contributed by atoms with Crippen LogP contribution in [0.3, 0.4) is 0 Å². The number of rotatable bonds is 7. The van der Waals surface area contributed by atoms with Gasteiger partial charge in [0.1, 0.15) is 17.2 Å². The van der Waals surface area contributed by atoms with Crippen molar-refractivity contribution >= 4 is 17.2 Å². The molecule has 7 nitrogen and oxygen atoms in total. The third-order valence-electron chi connectivity index (χ3n) is 3.84. The molecule has 0 bridgehead atoms. The quantitative estimate of drug-likeness (QED) is 0.729. The lowest BCUT2D eigenvalue weighted by Crippen LogP contribution is -2.22. The van der Waals surface area contributed by atoms with E-state index in [-0.39, 0.29) is 12.5 Å². The van der Waals surface area contributed by atoms with Crippen LogP contribution in [-0.4, -0.2) is 33.8 Å². The Bertz CT molecular complexity index is 878. The first-order valence-corrected chi connectivity index (χ1v) is 8.07. The highest BCUT2D eigenvalue weighted by molar-refractivity contribution is 5.95. The molecule has 7 heteroatoms. The van der Waals surface area contributed by atoms with Crippen molar-refractivity contribution in [3.05, 3.63) is 53.6 Å². The summed E-state index contributed by atoms with van der Waals surface area (Å²) in [6.45, 7) is -0.151. The van der Waals surface area contributed by atoms with Gasteiger partial charge in [0.25, 0.3) is 0 Å². The molecule has 0 saturated carbocycles. The van der Waals surface area contributed by atoms with Gasteiger partial charge in [0.2, 0.25) is 5.91 Å². The van der Waals surface area contributed by atoms with Gasteiger partial charge in [0.15, 0.2) is 0 Å². The summed E-state index contributed by atoms with van der Waals surface area (Å²) in [6.07, 6.45) is 1.42. The van der Waals surface area contributed by atoms with E-state index in [1.807, 2.05) is 0 Å². The number of carbonyl (C=O) groups excluding carboxylic acids is 1. The van der Waals surface area contributed by atoms with Crippen LogP contribution in [0.25, 0.3) is 5.57 Å². The van der Waals surface area contributed by atoms with E-state index in [9.17, 15) is 10.1 Å². The second-order valence-corrected chi connectivity index (χ2v) is 5.46. The van der Waals surface area contributed by atoms with Crippen LogP contribution in [0.15, 0.2) is 42.5 Å². The number of amides is 1. The molecular formula is C20H21N3O4. The van der Waals surface area contributed by atoms with Crippen LogP contribution in [0, 0.1) is 11.3 Å². The number of nitriles is 1. The number of nitrogens with two attached hydrogens (primary N) is 1. The second-order valence-electron chi connectivity index (χ2n) is 5.46. The Kier molecular flexibility index (Phi) is 6.80. The van der Waals surface area contributed by atoms with Crippen LogP contribution in [0.2, 0.25) is 0 Å². The zero-order chi connectivity index (χ0) is 19.8.